The summed E-state index contributed by atoms with van der Waals surface area (Å²) in [6, 6.07) is 19.3. The number of ether oxygens (including phenoxy) is 2. The van der Waals surface area contributed by atoms with E-state index in [0.717, 1.165) is 24.3 Å². The number of benzene rings is 4. The molecule has 0 aliphatic carbocycles. The monoisotopic (exact) mass is 682 g/mol. The summed E-state index contributed by atoms with van der Waals surface area (Å²) in [5, 5.41) is 5.02. The van der Waals surface area contributed by atoms with Gasteiger partial charge in [-0.25, -0.2) is 16.8 Å². The number of anilines is 2. The molecular weight excluding hydrogens is 658 g/mol. The van der Waals surface area contributed by atoms with Crippen LogP contribution < -0.4 is 79.2 Å². The minimum absolute atomic E-state index is 0. The van der Waals surface area contributed by atoms with Gasteiger partial charge in [0.05, 0.1) is 24.0 Å². The molecule has 0 radical (unpaired) electrons. The number of hydrogen-bond acceptors (Lipinski definition) is 10. The van der Waals surface area contributed by atoms with Gasteiger partial charge in [-0.3, -0.25) is 9.59 Å². The van der Waals surface area contributed by atoms with E-state index < -0.39 is 41.8 Å². The summed E-state index contributed by atoms with van der Waals surface area (Å²) < 4.78 is 82.5. The van der Waals surface area contributed by atoms with Crippen LogP contribution in [0.2, 0.25) is 0 Å². The molecule has 0 unspecified atom stereocenters. The van der Waals surface area contributed by atoms with E-state index in [1.54, 1.807) is 24.3 Å². The van der Waals surface area contributed by atoms with Gasteiger partial charge in [0.2, 0.25) is 0 Å². The maximum absolute atomic E-state index is 12.6. The molecule has 228 valence electrons. The number of rotatable bonds is 10. The second kappa shape index (κ2) is 16.7. The molecule has 0 saturated heterocycles. The minimum Gasteiger partial charge on any atom is -0.744 e. The molecule has 0 aliphatic rings. The third kappa shape index (κ3) is 10.2. The van der Waals surface area contributed by atoms with E-state index in [0.29, 0.717) is 11.5 Å². The van der Waals surface area contributed by atoms with Crippen LogP contribution in [0.25, 0.3) is 12.2 Å². The molecule has 0 spiro atoms. The van der Waals surface area contributed by atoms with Crippen molar-refractivity contribution < 1.29 is 104 Å². The van der Waals surface area contributed by atoms with E-state index in [1.165, 1.54) is 62.8 Å². The van der Waals surface area contributed by atoms with Gasteiger partial charge < -0.3 is 29.2 Å². The smallest absolute Gasteiger partial charge is 0.744 e. The van der Waals surface area contributed by atoms with Gasteiger partial charge in [-0.1, -0.05) is 24.3 Å². The predicted molar refractivity (Wildman–Crippen MR) is 160 cm³/mol. The number of amides is 2. The van der Waals surface area contributed by atoms with Crippen LogP contribution in [-0.4, -0.2) is 52.0 Å². The van der Waals surface area contributed by atoms with E-state index in [2.05, 4.69) is 10.6 Å². The Morgan fingerprint density at radius 1 is 0.587 bits per heavy atom. The van der Waals surface area contributed by atoms with E-state index in [1.807, 2.05) is 0 Å². The van der Waals surface area contributed by atoms with Crippen LogP contribution >= 0.6 is 0 Å². The van der Waals surface area contributed by atoms with E-state index in [-0.39, 0.29) is 92.7 Å². The summed E-state index contributed by atoms with van der Waals surface area (Å²) in [5.74, 6) is -0.0963. The number of nitrogens with one attached hydrogen (secondary N) is 2. The number of carbonyl (C=O) groups excluding carboxylic acids is 2. The maximum Gasteiger partial charge on any atom is 1.00 e. The van der Waals surface area contributed by atoms with Crippen molar-refractivity contribution in [3.8, 4) is 11.5 Å². The van der Waals surface area contributed by atoms with Gasteiger partial charge in [0.1, 0.15) is 31.7 Å². The van der Waals surface area contributed by atoms with Crippen molar-refractivity contribution in [3.63, 3.8) is 0 Å². The average Bonchev–Trinajstić information content (AvgIpc) is 2.99. The molecule has 4 rings (SSSR count). The summed E-state index contributed by atoms with van der Waals surface area (Å²) in [6.07, 6.45) is 2.28. The number of hydrogen-bond donors (Lipinski definition) is 2. The van der Waals surface area contributed by atoms with Crippen molar-refractivity contribution in [2.45, 2.75) is 9.79 Å². The molecule has 12 nitrogen and oxygen atoms in total. The Hall–Kier alpha value is -3.02. The Kier molecular flexibility index (Phi) is 14.2. The van der Waals surface area contributed by atoms with E-state index in [9.17, 15) is 35.5 Å². The molecule has 0 fully saturated rings. The van der Waals surface area contributed by atoms with Crippen molar-refractivity contribution in [2.75, 3.05) is 24.9 Å². The van der Waals surface area contributed by atoms with Crippen LogP contribution in [0.3, 0.4) is 0 Å². The first kappa shape index (κ1) is 39.2. The zero-order valence-corrected chi connectivity index (χ0v) is 30.8. The zero-order chi connectivity index (χ0) is 32.1. The maximum atomic E-state index is 12.6. The summed E-state index contributed by atoms with van der Waals surface area (Å²) in [4.78, 5) is 23.8. The van der Waals surface area contributed by atoms with Crippen LogP contribution in [0, 0.1) is 0 Å². The Labute approximate surface area is 310 Å². The van der Waals surface area contributed by atoms with Gasteiger partial charge in [-0.2, -0.15) is 0 Å². The van der Waals surface area contributed by atoms with Crippen molar-refractivity contribution in [1.82, 2.24) is 0 Å². The second-order valence-electron chi connectivity index (χ2n) is 9.11. The number of carbonyl (C=O) groups is 2. The molecule has 46 heavy (non-hydrogen) atoms. The van der Waals surface area contributed by atoms with Crippen LogP contribution in [0.15, 0.2) is 94.7 Å². The Balaban J connectivity index is 0.00000368. The largest absolute Gasteiger partial charge is 1.00 e. The number of methoxy groups -OCH3 is 2. The fraction of sp³-hybridized carbons (Fsp3) is 0.0667. The predicted octanol–water partition coefficient (Wildman–Crippen LogP) is -1.80. The van der Waals surface area contributed by atoms with Gasteiger partial charge >= 0.3 is 59.1 Å². The van der Waals surface area contributed by atoms with Gasteiger partial charge in [-0.05, 0) is 83.9 Å². The van der Waals surface area contributed by atoms with Crippen molar-refractivity contribution in [2.24, 2.45) is 0 Å². The minimum atomic E-state index is -5.06. The van der Waals surface area contributed by atoms with E-state index in [4.69, 9.17) is 9.47 Å². The quantitative estimate of drug-likeness (QED) is 0.110. The first-order valence-electron chi connectivity index (χ1n) is 12.6. The molecule has 2 N–H and O–H groups in total. The summed E-state index contributed by atoms with van der Waals surface area (Å²) in [6.45, 7) is 0. The Bertz CT molecular complexity index is 1820. The standard InChI is InChI=1S/C30H26N2O10S2.2Na/c1-41-25-13-7-21(8-14-25)29(33)31-23-11-5-19(27(17-23)43(35,36)37)3-4-20-6-12-24(18-28(20)44(38,39)40)32-30(34)22-9-15-26(42-2)16-10-22;;/h3-18H,1-2H3,(H,31,33)(H,32,34)(H,35,36,37)(H,38,39,40);;/q;2*+1/p-2/b4-3+;;. The molecule has 0 atom stereocenters. The topological polar surface area (TPSA) is 191 Å². The average molecular weight is 683 g/mol. The van der Waals surface area contributed by atoms with Gasteiger partial charge in [-0.15, -0.1) is 0 Å². The molecular formula is C30H24N2Na2O10S2. The molecule has 0 bridgehead atoms. The summed E-state index contributed by atoms with van der Waals surface area (Å²) in [5.41, 5.74) is 0.254. The zero-order valence-electron chi connectivity index (χ0n) is 25.1. The fourth-order valence-corrected chi connectivity index (χ4v) is 5.40. The van der Waals surface area contributed by atoms with Crippen LogP contribution in [0.5, 0.6) is 11.5 Å². The second-order valence-corrected chi connectivity index (χ2v) is 11.8. The molecule has 16 heteroatoms. The third-order valence-corrected chi connectivity index (χ3v) is 8.01. The molecule has 0 heterocycles. The molecule has 4 aromatic rings. The SMILES string of the molecule is COc1ccc(C(=O)Nc2ccc(/C=C/c3ccc(NC(=O)c4ccc(OC)cc4)cc3S(=O)(=O)[O-])c(S(=O)(=O)[O-])c2)cc1.[Na+].[Na+]. The Morgan fingerprint density at radius 2 is 0.913 bits per heavy atom. The summed E-state index contributed by atoms with van der Waals surface area (Å²) in [7, 11) is -7.19. The molecule has 4 aromatic carbocycles. The van der Waals surface area contributed by atoms with Gasteiger partial charge in [0, 0.05) is 22.5 Å². The normalized spacial score (nSPS) is 11.1. The van der Waals surface area contributed by atoms with Crippen molar-refractivity contribution >= 4 is 55.6 Å². The van der Waals surface area contributed by atoms with Gasteiger partial charge in [0.25, 0.3) is 11.8 Å². The van der Waals surface area contributed by atoms with E-state index >= 15 is 0 Å². The fourth-order valence-electron chi connectivity index (χ4n) is 4.00. The first-order chi connectivity index (χ1) is 20.8. The van der Waals surface area contributed by atoms with Crippen molar-refractivity contribution in [3.05, 3.63) is 107 Å². The molecule has 0 aliphatic heterocycles. The third-order valence-electron chi connectivity index (χ3n) is 6.23. The summed E-state index contributed by atoms with van der Waals surface area (Å²) >= 11 is 0. The molecule has 2 amide bonds. The molecule has 0 saturated carbocycles. The van der Waals surface area contributed by atoms with Crippen LogP contribution in [0.4, 0.5) is 11.4 Å². The first-order valence-corrected chi connectivity index (χ1v) is 15.4. The molecule has 0 aromatic heterocycles. The van der Waals surface area contributed by atoms with Crippen LogP contribution in [-0.2, 0) is 20.2 Å². The van der Waals surface area contributed by atoms with Gasteiger partial charge in [0.15, 0.2) is 0 Å². The van der Waals surface area contributed by atoms with Crippen LogP contribution in [0.1, 0.15) is 31.8 Å². The van der Waals surface area contributed by atoms with Crippen molar-refractivity contribution in [1.29, 1.82) is 0 Å². The Morgan fingerprint density at radius 3 is 1.20 bits per heavy atom.